The Morgan fingerprint density at radius 2 is 1.42 bits per heavy atom. The van der Waals surface area contributed by atoms with Gasteiger partial charge in [-0.1, -0.05) is 81.4 Å². The third-order valence-electron chi connectivity index (χ3n) is 4.16. The summed E-state index contributed by atoms with van der Waals surface area (Å²) in [4.78, 5) is 11.0. The minimum absolute atomic E-state index is 0.234. The number of hydrogen-bond donors (Lipinski definition) is 2. The van der Waals surface area contributed by atoms with E-state index in [1.807, 2.05) is 60.7 Å². The number of rotatable bonds is 6. The molecule has 24 heavy (non-hydrogen) atoms. The summed E-state index contributed by atoms with van der Waals surface area (Å²) in [5.41, 5.74) is 0. The molecule has 0 fully saturated rings. The Labute approximate surface area is 143 Å². The fourth-order valence-corrected chi connectivity index (χ4v) is 7.60. The third kappa shape index (κ3) is 3.58. The van der Waals surface area contributed by atoms with Crippen molar-refractivity contribution in [3.63, 3.8) is 0 Å². The lowest BCUT2D eigenvalue weighted by Crippen LogP contribution is -2.67. The van der Waals surface area contributed by atoms with E-state index in [-0.39, 0.29) is 11.6 Å². The molecule has 0 spiro atoms. The average molecular weight is 344 g/mol. The number of carboxylic acid groups (broad SMARTS) is 1. The van der Waals surface area contributed by atoms with Crippen LogP contribution in [0.1, 0.15) is 20.8 Å². The summed E-state index contributed by atoms with van der Waals surface area (Å²) in [5.74, 6) is -1.27. The normalized spacial score (nSPS) is 13.5. The van der Waals surface area contributed by atoms with Gasteiger partial charge in [-0.05, 0) is 15.4 Å². The lowest BCUT2D eigenvalue weighted by atomic mass is 10.2. The van der Waals surface area contributed by atoms with Crippen LogP contribution in [-0.4, -0.2) is 37.2 Å². The number of carbonyl (C=O) groups is 1. The summed E-state index contributed by atoms with van der Waals surface area (Å²) in [6.07, 6.45) is -1.54. The summed E-state index contributed by atoms with van der Waals surface area (Å²) in [5, 5.41) is 20.6. The van der Waals surface area contributed by atoms with Gasteiger partial charge in [0.1, 0.15) is 0 Å². The molecule has 2 rings (SSSR count). The lowest BCUT2D eigenvalue weighted by Gasteiger charge is -2.43. The van der Waals surface area contributed by atoms with Crippen LogP contribution < -0.4 is 10.4 Å². The SMILES string of the molecule is CC(C)(C)[Si](OC[C@@H](O)C(=O)O)(c1ccccc1)c1ccccc1. The van der Waals surface area contributed by atoms with E-state index in [2.05, 4.69) is 20.8 Å². The first-order valence-electron chi connectivity index (χ1n) is 7.95. The number of aliphatic hydroxyl groups excluding tert-OH is 1. The van der Waals surface area contributed by atoms with Crippen molar-refractivity contribution >= 4 is 24.7 Å². The maximum absolute atomic E-state index is 11.0. The highest BCUT2D eigenvalue weighted by molar-refractivity contribution is 6.99. The molecule has 0 radical (unpaired) electrons. The summed E-state index contributed by atoms with van der Waals surface area (Å²) in [6, 6.07) is 19.8. The van der Waals surface area contributed by atoms with Crippen molar-refractivity contribution in [2.45, 2.75) is 31.9 Å². The summed E-state index contributed by atoms with van der Waals surface area (Å²) < 4.78 is 6.30. The molecule has 2 aromatic carbocycles. The zero-order chi connectivity index (χ0) is 17.8. The van der Waals surface area contributed by atoms with Crippen LogP contribution in [-0.2, 0) is 9.22 Å². The highest BCUT2D eigenvalue weighted by Crippen LogP contribution is 2.36. The zero-order valence-electron chi connectivity index (χ0n) is 14.3. The van der Waals surface area contributed by atoms with Crippen molar-refractivity contribution in [1.82, 2.24) is 0 Å². The van der Waals surface area contributed by atoms with E-state index in [1.165, 1.54) is 0 Å². The van der Waals surface area contributed by atoms with Crippen LogP contribution in [0.5, 0.6) is 0 Å². The minimum Gasteiger partial charge on any atom is -0.479 e. The van der Waals surface area contributed by atoms with Gasteiger partial charge in [0.05, 0.1) is 6.61 Å². The van der Waals surface area contributed by atoms with E-state index in [9.17, 15) is 9.90 Å². The van der Waals surface area contributed by atoms with Crippen LogP contribution in [0.25, 0.3) is 0 Å². The largest absolute Gasteiger partial charge is 0.479 e. The Bertz CT molecular complexity index is 625. The number of carboxylic acids is 1. The predicted molar refractivity (Wildman–Crippen MR) is 97.2 cm³/mol. The molecule has 2 aromatic rings. The maximum atomic E-state index is 11.0. The van der Waals surface area contributed by atoms with Gasteiger partial charge in [-0.3, -0.25) is 0 Å². The molecule has 0 heterocycles. The van der Waals surface area contributed by atoms with Crippen molar-refractivity contribution in [2.75, 3.05) is 6.61 Å². The second-order valence-electron chi connectivity index (χ2n) is 6.83. The van der Waals surface area contributed by atoms with Crippen molar-refractivity contribution < 1.29 is 19.4 Å². The van der Waals surface area contributed by atoms with E-state index in [0.717, 1.165) is 10.4 Å². The van der Waals surface area contributed by atoms with Gasteiger partial charge in [-0.15, -0.1) is 0 Å². The Balaban J connectivity index is 2.59. The molecule has 5 heteroatoms. The molecule has 1 atom stereocenters. The number of aliphatic hydroxyl groups is 1. The van der Waals surface area contributed by atoms with Gasteiger partial charge >= 0.3 is 5.97 Å². The number of benzene rings is 2. The predicted octanol–water partition coefficient (Wildman–Crippen LogP) is 2.01. The average Bonchev–Trinajstić information content (AvgIpc) is 2.56. The minimum atomic E-state index is -2.78. The summed E-state index contributed by atoms with van der Waals surface area (Å²) in [6.45, 7) is 6.08. The van der Waals surface area contributed by atoms with Gasteiger partial charge in [-0.25, -0.2) is 4.79 Å². The molecule has 0 aliphatic rings. The highest BCUT2D eigenvalue weighted by Gasteiger charge is 2.50. The monoisotopic (exact) mass is 344 g/mol. The van der Waals surface area contributed by atoms with Crippen LogP contribution in [0.4, 0.5) is 0 Å². The molecular formula is C19H24O4Si. The molecule has 2 N–H and O–H groups in total. The van der Waals surface area contributed by atoms with Crippen molar-refractivity contribution in [2.24, 2.45) is 0 Å². The molecule has 128 valence electrons. The molecule has 0 aliphatic heterocycles. The molecule has 4 nitrogen and oxygen atoms in total. The Hall–Kier alpha value is -1.95. The zero-order valence-corrected chi connectivity index (χ0v) is 15.3. The molecule has 0 aliphatic carbocycles. The fourth-order valence-electron chi connectivity index (χ4n) is 3.04. The van der Waals surface area contributed by atoms with E-state index >= 15 is 0 Å². The van der Waals surface area contributed by atoms with Gasteiger partial charge in [0.15, 0.2) is 6.10 Å². The van der Waals surface area contributed by atoms with Crippen LogP contribution >= 0.6 is 0 Å². The Kier molecular flexibility index (Phi) is 5.59. The molecule has 0 bridgehead atoms. The maximum Gasteiger partial charge on any atom is 0.334 e. The second kappa shape index (κ2) is 7.30. The standard InChI is InChI=1S/C19H24O4Si/c1-19(2,3)24(15-10-6-4-7-11-15,16-12-8-5-9-13-16)23-14-17(20)18(21)22/h4-13,17,20H,14H2,1-3H3,(H,21,22)/t17-/m1/s1. The first kappa shape index (κ1) is 18.4. The van der Waals surface area contributed by atoms with Gasteiger partial charge in [0.2, 0.25) is 0 Å². The van der Waals surface area contributed by atoms with Gasteiger partial charge in [0.25, 0.3) is 8.32 Å². The van der Waals surface area contributed by atoms with Crippen LogP contribution in [0, 0.1) is 0 Å². The molecule has 0 saturated carbocycles. The highest BCUT2D eigenvalue weighted by atomic mass is 28.4. The molecule has 0 saturated heterocycles. The fraction of sp³-hybridized carbons (Fsp3) is 0.316. The first-order chi connectivity index (χ1) is 11.3. The van der Waals surface area contributed by atoms with Crippen LogP contribution in [0.15, 0.2) is 60.7 Å². The van der Waals surface area contributed by atoms with Gasteiger partial charge in [0, 0.05) is 0 Å². The first-order valence-corrected chi connectivity index (χ1v) is 9.86. The Morgan fingerprint density at radius 3 is 1.75 bits per heavy atom. The Morgan fingerprint density at radius 1 is 1.00 bits per heavy atom. The van der Waals surface area contributed by atoms with E-state index < -0.39 is 20.4 Å². The van der Waals surface area contributed by atoms with Gasteiger partial charge < -0.3 is 14.6 Å². The van der Waals surface area contributed by atoms with E-state index in [1.54, 1.807) is 0 Å². The number of aliphatic carboxylic acids is 1. The quantitative estimate of drug-likeness (QED) is 0.787. The molecule has 0 amide bonds. The topological polar surface area (TPSA) is 66.8 Å². The van der Waals surface area contributed by atoms with Crippen molar-refractivity contribution in [3.05, 3.63) is 60.7 Å². The summed E-state index contributed by atoms with van der Waals surface area (Å²) >= 11 is 0. The third-order valence-corrected chi connectivity index (χ3v) is 9.16. The second-order valence-corrected chi connectivity index (χ2v) is 11.1. The molecule has 0 unspecified atom stereocenters. The number of hydrogen-bond acceptors (Lipinski definition) is 3. The van der Waals surface area contributed by atoms with Crippen molar-refractivity contribution in [3.8, 4) is 0 Å². The molecular weight excluding hydrogens is 320 g/mol. The molecule has 0 aromatic heterocycles. The smallest absolute Gasteiger partial charge is 0.334 e. The van der Waals surface area contributed by atoms with E-state index in [4.69, 9.17) is 9.53 Å². The lowest BCUT2D eigenvalue weighted by molar-refractivity contribution is -0.148. The van der Waals surface area contributed by atoms with Crippen LogP contribution in [0.2, 0.25) is 5.04 Å². The van der Waals surface area contributed by atoms with Gasteiger partial charge in [-0.2, -0.15) is 0 Å². The van der Waals surface area contributed by atoms with Crippen LogP contribution in [0.3, 0.4) is 0 Å². The summed E-state index contributed by atoms with van der Waals surface area (Å²) in [7, 11) is -2.78. The van der Waals surface area contributed by atoms with E-state index in [0.29, 0.717) is 0 Å². The van der Waals surface area contributed by atoms with Crippen molar-refractivity contribution in [1.29, 1.82) is 0 Å².